The van der Waals surface area contributed by atoms with Gasteiger partial charge in [0.25, 0.3) is 0 Å². The van der Waals surface area contributed by atoms with E-state index in [1.807, 2.05) is 32.3 Å². The summed E-state index contributed by atoms with van der Waals surface area (Å²) in [5.41, 5.74) is 1.60. The Labute approximate surface area is 85.1 Å². The lowest BCUT2D eigenvalue weighted by molar-refractivity contribution is 0.411. The quantitative estimate of drug-likeness (QED) is 0.632. The standard InChI is InChI=1S/C10H16BNO2/c1-12(2)8-7-9-5-3-4-6-10(9)11(13)14/h3-6,13-14H,7-8H2,1-2H3. The van der Waals surface area contributed by atoms with E-state index in [9.17, 15) is 0 Å². The van der Waals surface area contributed by atoms with Gasteiger partial charge in [0.15, 0.2) is 0 Å². The highest BCUT2D eigenvalue weighted by atomic mass is 16.4. The van der Waals surface area contributed by atoms with Crippen LogP contribution in [0.5, 0.6) is 0 Å². The highest BCUT2D eigenvalue weighted by Crippen LogP contribution is 1.98. The van der Waals surface area contributed by atoms with E-state index in [4.69, 9.17) is 10.0 Å². The van der Waals surface area contributed by atoms with Gasteiger partial charge < -0.3 is 14.9 Å². The van der Waals surface area contributed by atoms with Crippen LogP contribution in [-0.4, -0.2) is 42.7 Å². The van der Waals surface area contributed by atoms with Gasteiger partial charge in [-0.25, -0.2) is 0 Å². The van der Waals surface area contributed by atoms with Gasteiger partial charge in [-0.15, -0.1) is 0 Å². The Morgan fingerprint density at radius 1 is 1.21 bits per heavy atom. The molecule has 76 valence electrons. The Hall–Kier alpha value is -0.835. The lowest BCUT2D eigenvalue weighted by atomic mass is 9.76. The van der Waals surface area contributed by atoms with Crippen molar-refractivity contribution in [2.45, 2.75) is 6.42 Å². The molecule has 1 aromatic carbocycles. The fourth-order valence-electron chi connectivity index (χ4n) is 1.36. The molecule has 0 unspecified atom stereocenters. The fourth-order valence-corrected chi connectivity index (χ4v) is 1.36. The summed E-state index contributed by atoms with van der Waals surface area (Å²) in [4.78, 5) is 2.07. The third-order valence-electron chi connectivity index (χ3n) is 2.16. The minimum absolute atomic E-state index is 0.606. The molecule has 0 aliphatic heterocycles. The molecule has 0 amide bonds. The molecule has 0 saturated heterocycles. The normalized spacial score (nSPS) is 10.6. The van der Waals surface area contributed by atoms with Gasteiger partial charge in [0.1, 0.15) is 0 Å². The van der Waals surface area contributed by atoms with Crippen molar-refractivity contribution < 1.29 is 10.0 Å². The molecule has 0 spiro atoms. The van der Waals surface area contributed by atoms with Crippen LogP contribution in [0.15, 0.2) is 24.3 Å². The number of hydrogen-bond acceptors (Lipinski definition) is 3. The van der Waals surface area contributed by atoms with Gasteiger partial charge in [0, 0.05) is 6.54 Å². The maximum Gasteiger partial charge on any atom is 0.488 e. The SMILES string of the molecule is CN(C)CCc1ccccc1B(O)O. The molecule has 0 aliphatic carbocycles. The van der Waals surface area contributed by atoms with E-state index in [1.54, 1.807) is 6.07 Å². The molecule has 3 nitrogen and oxygen atoms in total. The summed E-state index contributed by atoms with van der Waals surface area (Å²) in [5.74, 6) is 0. The van der Waals surface area contributed by atoms with Crippen molar-refractivity contribution >= 4 is 12.6 Å². The van der Waals surface area contributed by atoms with Crippen LogP contribution in [0, 0.1) is 0 Å². The molecule has 0 atom stereocenters. The van der Waals surface area contributed by atoms with Crippen LogP contribution in [-0.2, 0) is 6.42 Å². The molecule has 0 fully saturated rings. The summed E-state index contributed by atoms with van der Waals surface area (Å²) in [7, 11) is 2.63. The maximum atomic E-state index is 9.11. The Balaban J connectivity index is 2.74. The van der Waals surface area contributed by atoms with E-state index >= 15 is 0 Å². The van der Waals surface area contributed by atoms with Gasteiger partial charge in [0.2, 0.25) is 0 Å². The summed E-state index contributed by atoms with van der Waals surface area (Å²) in [6.07, 6.45) is 0.834. The van der Waals surface area contributed by atoms with Crippen molar-refractivity contribution in [3.63, 3.8) is 0 Å². The first-order valence-electron chi connectivity index (χ1n) is 4.70. The van der Waals surface area contributed by atoms with E-state index in [2.05, 4.69) is 4.90 Å². The van der Waals surface area contributed by atoms with E-state index in [1.165, 1.54) is 0 Å². The van der Waals surface area contributed by atoms with Crippen LogP contribution in [0.4, 0.5) is 0 Å². The molecule has 0 saturated carbocycles. The number of hydrogen-bond donors (Lipinski definition) is 2. The average molecular weight is 193 g/mol. The third kappa shape index (κ3) is 3.14. The zero-order valence-electron chi connectivity index (χ0n) is 8.64. The third-order valence-corrected chi connectivity index (χ3v) is 2.16. The Bertz CT molecular complexity index is 289. The molecular formula is C10H16BNO2. The fraction of sp³-hybridized carbons (Fsp3) is 0.400. The zero-order chi connectivity index (χ0) is 10.6. The minimum atomic E-state index is -1.37. The topological polar surface area (TPSA) is 43.7 Å². The zero-order valence-corrected chi connectivity index (χ0v) is 8.64. The van der Waals surface area contributed by atoms with Crippen LogP contribution in [0.3, 0.4) is 0 Å². The van der Waals surface area contributed by atoms with E-state index in [-0.39, 0.29) is 0 Å². The van der Waals surface area contributed by atoms with Crippen LogP contribution in [0.2, 0.25) is 0 Å². The largest absolute Gasteiger partial charge is 0.488 e. The monoisotopic (exact) mass is 193 g/mol. The first-order chi connectivity index (χ1) is 6.61. The Kier molecular flexibility index (Phi) is 4.13. The van der Waals surface area contributed by atoms with Crippen LogP contribution < -0.4 is 5.46 Å². The minimum Gasteiger partial charge on any atom is -0.423 e. The van der Waals surface area contributed by atoms with E-state index < -0.39 is 7.12 Å². The molecule has 14 heavy (non-hydrogen) atoms. The highest BCUT2D eigenvalue weighted by Gasteiger charge is 2.14. The van der Waals surface area contributed by atoms with Crippen molar-refractivity contribution in [3.05, 3.63) is 29.8 Å². The van der Waals surface area contributed by atoms with Crippen LogP contribution >= 0.6 is 0 Å². The molecule has 1 aromatic rings. The van der Waals surface area contributed by atoms with Crippen molar-refractivity contribution in [2.24, 2.45) is 0 Å². The second-order valence-corrected chi connectivity index (χ2v) is 3.63. The summed E-state index contributed by atoms with van der Waals surface area (Å²) >= 11 is 0. The van der Waals surface area contributed by atoms with Crippen molar-refractivity contribution in [2.75, 3.05) is 20.6 Å². The lowest BCUT2D eigenvalue weighted by Crippen LogP contribution is -2.33. The second kappa shape index (κ2) is 5.15. The van der Waals surface area contributed by atoms with E-state index in [0.29, 0.717) is 5.46 Å². The molecule has 0 aromatic heterocycles. The highest BCUT2D eigenvalue weighted by molar-refractivity contribution is 6.59. The average Bonchev–Trinajstić information content (AvgIpc) is 2.15. The Morgan fingerprint density at radius 3 is 2.43 bits per heavy atom. The van der Waals surface area contributed by atoms with Crippen molar-refractivity contribution in [3.8, 4) is 0 Å². The molecule has 2 N–H and O–H groups in total. The van der Waals surface area contributed by atoms with Gasteiger partial charge in [-0.3, -0.25) is 0 Å². The van der Waals surface area contributed by atoms with Crippen LogP contribution in [0.25, 0.3) is 0 Å². The number of rotatable bonds is 4. The first kappa shape index (κ1) is 11.2. The molecule has 0 aliphatic rings. The van der Waals surface area contributed by atoms with Gasteiger partial charge >= 0.3 is 7.12 Å². The van der Waals surface area contributed by atoms with E-state index in [0.717, 1.165) is 18.5 Å². The summed E-state index contributed by atoms with van der Waals surface area (Å²) in [5, 5.41) is 18.2. The predicted molar refractivity (Wildman–Crippen MR) is 58.5 cm³/mol. The van der Waals surface area contributed by atoms with Crippen LogP contribution in [0.1, 0.15) is 5.56 Å². The predicted octanol–water partition coefficient (Wildman–Crippen LogP) is -0.529. The summed E-state index contributed by atoms with van der Waals surface area (Å²) in [6, 6.07) is 7.40. The molecule has 0 radical (unpaired) electrons. The Morgan fingerprint density at radius 2 is 1.86 bits per heavy atom. The van der Waals surface area contributed by atoms with Gasteiger partial charge in [-0.1, -0.05) is 24.3 Å². The number of nitrogens with zero attached hydrogens (tertiary/aromatic N) is 1. The summed E-state index contributed by atoms with van der Waals surface area (Å²) < 4.78 is 0. The lowest BCUT2D eigenvalue weighted by Gasteiger charge is -2.12. The number of likely N-dealkylation sites (N-methyl/N-ethyl adjacent to an activating group) is 1. The smallest absolute Gasteiger partial charge is 0.423 e. The molecular weight excluding hydrogens is 177 g/mol. The van der Waals surface area contributed by atoms with Crippen molar-refractivity contribution in [1.82, 2.24) is 4.90 Å². The maximum absolute atomic E-state index is 9.11. The van der Waals surface area contributed by atoms with Gasteiger partial charge in [-0.2, -0.15) is 0 Å². The summed E-state index contributed by atoms with van der Waals surface area (Å²) in [6.45, 7) is 0.906. The molecule has 0 heterocycles. The number of benzene rings is 1. The van der Waals surface area contributed by atoms with Gasteiger partial charge in [-0.05, 0) is 31.5 Å². The molecule has 0 bridgehead atoms. The molecule has 4 heteroatoms. The van der Waals surface area contributed by atoms with Gasteiger partial charge in [0.05, 0.1) is 0 Å². The first-order valence-corrected chi connectivity index (χ1v) is 4.70. The second-order valence-electron chi connectivity index (χ2n) is 3.63. The molecule has 1 rings (SSSR count). The van der Waals surface area contributed by atoms with Crippen molar-refractivity contribution in [1.29, 1.82) is 0 Å².